The van der Waals surface area contributed by atoms with E-state index in [-0.39, 0.29) is 24.0 Å². The minimum absolute atomic E-state index is 0.181. The van der Waals surface area contributed by atoms with Crippen LogP contribution < -0.4 is 0 Å². The molecule has 1 atom stereocenters. The van der Waals surface area contributed by atoms with Crippen molar-refractivity contribution in [2.75, 3.05) is 13.2 Å². The number of H-pyrrole nitrogens is 1. The molecule has 1 N–H and O–H groups in total. The van der Waals surface area contributed by atoms with Gasteiger partial charge in [-0.05, 0) is 51.8 Å². The maximum atomic E-state index is 13.3. The second-order valence-corrected chi connectivity index (χ2v) is 6.75. The van der Waals surface area contributed by atoms with Gasteiger partial charge in [-0.3, -0.25) is 9.59 Å². The Bertz CT molecular complexity index is 855. The maximum absolute atomic E-state index is 13.3. The SMILES string of the molecule is CCCN(C(=O)c1ccccc1)C(C)C(=O)c1c(C)[nH]c(C(=O)OCC)c1C. The monoisotopic (exact) mass is 384 g/mol. The standard InChI is InChI=1S/C22H28N2O4/c1-6-13-24(21(26)17-11-9-8-10-12-17)16(5)20(25)18-14(3)19(23-15(18)4)22(27)28-7-2/h8-12,16,23H,6-7,13H2,1-5H3. The Kier molecular flexibility index (Phi) is 7.15. The Hall–Kier alpha value is -2.89. The zero-order valence-electron chi connectivity index (χ0n) is 17.2. The number of aromatic amines is 1. The van der Waals surface area contributed by atoms with Gasteiger partial charge in [0, 0.05) is 23.4 Å². The normalized spacial score (nSPS) is 11.8. The average molecular weight is 384 g/mol. The van der Waals surface area contributed by atoms with Crippen molar-refractivity contribution < 1.29 is 19.1 Å². The predicted octanol–water partition coefficient (Wildman–Crippen LogP) is 3.93. The average Bonchev–Trinajstić information content (AvgIpc) is 2.99. The highest BCUT2D eigenvalue weighted by atomic mass is 16.5. The summed E-state index contributed by atoms with van der Waals surface area (Å²) in [7, 11) is 0. The van der Waals surface area contributed by atoms with Crippen LogP contribution in [0.3, 0.4) is 0 Å². The molecule has 0 aliphatic carbocycles. The van der Waals surface area contributed by atoms with E-state index in [1.807, 2.05) is 13.0 Å². The van der Waals surface area contributed by atoms with E-state index >= 15 is 0 Å². The van der Waals surface area contributed by atoms with Crippen LogP contribution in [-0.2, 0) is 4.74 Å². The maximum Gasteiger partial charge on any atom is 0.355 e. The minimum atomic E-state index is -0.657. The second kappa shape index (κ2) is 9.35. The molecule has 1 aromatic heterocycles. The van der Waals surface area contributed by atoms with Crippen molar-refractivity contribution in [2.24, 2.45) is 0 Å². The highest BCUT2D eigenvalue weighted by Gasteiger charge is 2.31. The summed E-state index contributed by atoms with van der Waals surface area (Å²) >= 11 is 0. The lowest BCUT2D eigenvalue weighted by Crippen LogP contribution is -2.44. The fourth-order valence-corrected chi connectivity index (χ4v) is 3.34. The van der Waals surface area contributed by atoms with Crippen molar-refractivity contribution in [1.29, 1.82) is 0 Å². The van der Waals surface area contributed by atoms with Gasteiger partial charge < -0.3 is 14.6 Å². The third-order valence-corrected chi connectivity index (χ3v) is 4.76. The smallest absolute Gasteiger partial charge is 0.355 e. The summed E-state index contributed by atoms with van der Waals surface area (Å²) in [5, 5.41) is 0. The van der Waals surface area contributed by atoms with Crippen LogP contribution in [0.25, 0.3) is 0 Å². The molecule has 28 heavy (non-hydrogen) atoms. The molecule has 6 heteroatoms. The molecule has 0 aliphatic heterocycles. The molecule has 0 radical (unpaired) electrons. The molecule has 0 spiro atoms. The van der Waals surface area contributed by atoms with Crippen LogP contribution in [0.5, 0.6) is 0 Å². The molecule has 0 saturated heterocycles. The van der Waals surface area contributed by atoms with E-state index in [1.165, 1.54) is 0 Å². The molecule has 0 aliphatic rings. The molecular formula is C22H28N2O4. The van der Waals surface area contributed by atoms with E-state index < -0.39 is 12.0 Å². The lowest BCUT2D eigenvalue weighted by molar-refractivity contribution is 0.0519. The predicted molar refractivity (Wildman–Crippen MR) is 108 cm³/mol. The third-order valence-electron chi connectivity index (χ3n) is 4.76. The number of aromatic nitrogens is 1. The van der Waals surface area contributed by atoms with Gasteiger partial charge in [0.2, 0.25) is 0 Å². The number of rotatable bonds is 8. The number of aryl methyl sites for hydroxylation is 1. The van der Waals surface area contributed by atoms with Crippen LogP contribution >= 0.6 is 0 Å². The molecule has 2 aromatic rings. The van der Waals surface area contributed by atoms with Gasteiger partial charge in [-0.2, -0.15) is 0 Å². The summed E-state index contributed by atoms with van der Waals surface area (Å²) < 4.78 is 5.05. The van der Waals surface area contributed by atoms with Gasteiger partial charge in [0.05, 0.1) is 12.6 Å². The fourth-order valence-electron chi connectivity index (χ4n) is 3.34. The summed E-state index contributed by atoms with van der Waals surface area (Å²) in [4.78, 5) is 42.9. The van der Waals surface area contributed by atoms with Crippen molar-refractivity contribution in [3.05, 3.63) is 58.4 Å². The molecule has 1 unspecified atom stereocenters. The van der Waals surface area contributed by atoms with Crippen molar-refractivity contribution in [2.45, 2.75) is 47.1 Å². The van der Waals surface area contributed by atoms with E-state index in [0.29, 0.717) is 28.9 Å². The molecular weight excluding hydrogens is 356 g/mol. The first-order valence-corrected chi connectivity index (χ1v) is 9.59. The number of ether oxygens (including phenoxy) is 1. The molecule has 2 rings (SSSR count). The quantitative estimate of drug-likeness (QED) is 0.552. The number of amides is 1. The largest absolute Gasteiger partial charge is 0.461 e. The summed E-state index contributed by atoms with van der Waals surface area (Å²) in [6, 6.07) is 8.28. The number of hydrogen-bond donors (Lipinski definition) is 1. The fraction of sp³-hybridized carbons (Fsp3) is 0.409. The summed E-state index contributed by atoms with van der Waals surface area (Å²) in [6.07, 6.45) is 0.732. The highest BCUT2D eigenvalue weighted by Crippen LogP contribution is 2.23. The van der Waals surface area contributed by atoms with E-state index in [1.54, 1.807) is 56.9 Å². The van der Waals surface area contributed by atoms with Crippen LogP contribution in [0.2, 0.25) is 0 Å². The van der Waals surface area contributed by atoms with Gasteiger partial charge in [-0.25, -0.2) is 4.79 Å². The van der Waals surface area contributed by atoms with Crippen molar-refractivity contribution >= 4 is 17.7 Å². The molecule has 1 heterocycles. The summed E-state index contributed by atoms with van der Waals surface area (Å²) in [6.45, 7) is 9.62. The van der Waals surface area contributed by atoms with E-state index in [9.17, 15) is 14.4 Å². The number of nitrogens with one attached hydrogen (secondary N) is 1. The Morgan fingerprint density at radius 3 is 2.32 bits per heavy atom. The first-order chi connectivity index (χ1) is 13.3. The van der Waals surface area contributed by atoms with Gasteiger partial charge >= 0.3 is 5.97 Å². The van der Waals surface area contributed by atoms with Crippen LogP contribution in [-0.4, -0.2) is 46.7 Å². The van der Waals surface area contributed by atoms with Crippen molar-refractivity contribution in [3.63, 3.8) is 0 Å². The number of Topliss-reactive ketones (excluding diaryl/α,β-unsaturated/α-hetero) is 1. The van der Waals surface area contributed by atoms with Gasteiger partial charge in [-0.15, -0.1) is 0 Å². The molecule has 0 saturated carbocycles. The number of ketones is 1. The Balaban J connectivity index is 2.36. The number of benzene rings is 1. The Morgan fingerprint density at radius 1 is 1.11 bits per heavy atom. The van der Waals surface area contributed by atoms with Crippen molar-refractivity contribution in [1.82, 2.24) is 9.88 Å². The molecule has 1 amide bonds. The van der Waals surface area contributed by atoms with E-state index in [2.05, 4.69) is 4.98 Å². The van der Waals surface area contributed by atoms with Crippen LogP contribution in [0.1, 0.15) is 69.7 Å². The minimum Gasteiger partial charge on any atom is -0.461 e. The van der Waals surface area contributed by atoms with Crippen LogP contribution in [0.4, 0.5) is 0 Å². The van der Waals surface area contributed by atoms with E-state index in [4.69, 9.17) is 4.74 Å². The second-order valence-electron chi connectivity index (χ2n) is 6.75. The first kappa shape index (κ1) is 21.4. The summed E-state index contributed by atoms with van der Waals surface area (Å²) in [5.74, 6) is -0.861. The number of hydrogen-bond acceptors (Lipinski definition) is 4. The van der Waals surface area contributed by atoms with Crippen LogP contribution in [0, 0.1) is 13.8 Å². The highest BCUT2D eigenvalue weighted by molar-refractivity contribution is 6.07. The number of nitrogens with zero attached hydrogens (tertiary/aromatic N) is 1. The molecule has 150 valence electrons. The van der Waals surface area contributed by atoms with E-state index in [0.717, 1.165) is 6.42 Å². The van der Waals surface area contributed by atoms with Gasteiger partial charge in [0.25, 0.3) is 5.91 Å². The van der Waals surface area contributed by atoms with Crippen LogP contribution in [0.15, 0.2) is 30.3 Å². The Labute approximate surface area is 165 Å². The van der Waals surface area contributed by atoms with Gasteiger partial charge in [0.1, 0.15) is 5.69 Å². The zero-order valence-corrected chi connectivity index (χ0v) is 17.2. The number of esters is 1. The molecule has 6 nitrogen and oxygen atoms in total. The Morgan fingerprint density at radius 2 is 1.75 bits per heavy atom. The topological polar surface area (TPSA) is 79.5 Å². The third kappa shape index (κ3) is 4.32. The lowest BCUT2D eigenvalue weighted by atomic mass is 9.99. The molecule has 1 aromatic carbocycles. The lowest BCUT2D eigenvalue weighted by Gasteiger charge is -2.28. The molecule has 0 bridgehead atoms. The summed E-state index contributed by atoms with van der Waals surface area (Å²) in [5.41, 5.74) is 2.42. The van der Waals surface area contributed by atoms with Gasteiger partial charge in [-0.1, -0.05) is 25.1 Å². The van der Waals surface area contributed by atoms with Crippen molar-refractivity contribution in [3.8, 4) is 0 Å². The zero-order chi connectivity index (χ0) is 20.8. The number of carbonyl (C=O) groups is 3. The first-order valence-electron chi connectivity index (χ1n) is 9.59. The van der Waals surface area contributed by atoms with Gasteiger partial charge in [0.15, 0.2) is 5.78 Å². The number of carbonyl (C=O) groups excluding carboxylic acids is 3. The molecule has 0 fully saturated rings.